The number of ether oxygens (including phenoxy) is 1. The molecule has 1 aromatic heterocycles. The molecule has 0 saturated heterocycles. The highest BCUT2D eigenvalue weighted by molar-refractivity contribution is 7.20. The Hall–Kier alpha value is -8.00. The number of hydrogen-bond donors (Lipinski definition) is 1. The molecule has 1 N–H and O–H groups in total. The van der Waals surface area contributed by atoms with Crippen molar-refractivity contribution in [2.75, 3.05) is 6.61 Å². The Labute approximate surface area is 380 Å². The second-order valence-electron chi connectivity index (χ2n) is 14.4. The van der Waals surface area contributed by atoms with Gasteiger partial charge in [-0.2, -0.15) is 4.57 Å². The van der Waals surface area contributed by atoms with Crippen LogP contribution in [-0.2, 0) is 16.1 Å². The van der Waals surface area contributed by atoms with Crippen LogP contribution in [0.5, 0.6) is 0 Å². The van der Waals surface area contributed by atoms with Gasteiger partial charge in [-0.15, -0.1) is 21.9 Å². The number of benzene rings is 6. The van der Waals surface area contributed by atoms with E-state index < -0.39 is 163 Å². The molecule has 27 heteroatoms. The summed E-state index contributed by atoms with van der Waals surface area (Å²) in [5.74, 6) is -73.6. The van der Waals surface area contributed by atoms with Crippen LogP contribution in [0.4, 0.5) is 87.8 Å². The van der Waals surface area contributed by atoms with Crippen LogP contribution in [0.3, 0.4) is 0 Å². The summed E-state index contributed by atoms with van der Waals surface area (Å²) in [6.07, 6.45) is -7.22. The Kier molecular flexibility index (Phi) is 14.6. The fraction of sp³-hybridized carbons (Fsp3) is 0.0455. The number of para-hydroxylation sites is 1. The van der Waals surface area contributed by atoms with E-state index in [-0.39, 0.29) is 18.0 Å². The van der Waals surface area contributed by atoms with Crippen molar-refractivity contribution in [3.05, 3.63) is 194 Å². The van der Waals surface area contributed by atoms with Gasteiger partial charge in [0.15, 0.2) is 76.4 Å². The number of pyridine rings is 1. The van der Waals surface area contributed by atoms with Gasteiger partial charge in [-0.1, -0.05) is 42.5 Å². The van der Waals surface area contributed by atoms with Crippen LogP contribution in [0.25, 0.3) is 10.9 Å². The number of esters is 1. The van der Waals surface area contributed by atoms with E-state index >= 15 is 35.1 Å². The zero-order valence-corrected chi connectivity index (χ0v) is 33.9. The lowest BCUT2D eigenvalue weighted by Gasteiger charge is -2.44. The summed E-state index contributed by atoms with van der Waals surface area (Å²) in [7, 11) is 0. The van der Waals surface area contributed by atoms with Gasteiger partial charge in [0.25, 0.3) is 5.69 Å². The highest BCUT2D eigenvalue weighted by Crippen LogP contribution is 2.31. The summed E-state index contributed by atoms with van der Waals surface area (Å²) in [6.45, 7) is -0.804. The van der Waals surface area contributed by atoms with E-state index in [4.69, 9.17) is 9.84 Å². The molecule has 6 nitrogen and oxygen atoms in total. The molecule has 370 valence electrons. The minimum Gasteiger partial charge on any atom is -0.479 e. The van der Waals surface area contributed by atoms with Crippen LogP contribution < -0.4 is 26.4 Å². The number of hydrogen-bond acceptors (Lipinski definition) is 4. The first-order chi connectivity index (χ1) is 33.3. The third-order valence-corrected chi connectivity index (χ3v) is 10.6. The highest BCUT2D eigenvalue weighted by Gasteiger charge is 2.52. The number of aliphatic carboxylic acids is 1. The Morgan fingerprint density at radius 1 is 0.408 bits per heavy atom. The predicted molar refractivity (Wildman–Crippen MR) is 202 cm³/mol. The third-order valence-electron chi connectivity index (χ3n) is 10.6. The number of fused-ring (bicyclic) bond motifs is 1. The Bertz CT molecular complexity index is 3000. The molecule has 7 rings (SSSR count). The van der Waals surface area contributed by atoms with E-state index in [9.17, 15) is 67.1 Å². The zero-order chi connectivity index (χ0) is 52.9. The number of carbonyl (C=O) groups is 3. The van der Waals surface area contributed by atoms with Crippen LogP contribution in [0.2, 0.25) is 0 Å². The van der Waals surface area contributed by atoms with Gasteiger partial charge in [-0.05, 0) is 12.1 Å². The van der Waals surface area contributed by atoms with E-state index in [0.717, 1.165) is 5.39 Å². The molecule has 0 bridgehead atoms. The predicted octanol–water partition coefficient (Wildman–Crippen LogP) is 8.10. The Balaban J connectivity index is 0.000000268. The van der Waals surface area contributed by atoms with Gasteiger partial charge in [-0.3, -0.25) is 4.79 Å². The summed E-state index contributed by atoms with van der Waals surface area (Å²) in [6, 6.07) is 19.3. The van der Waals surface area contributed by atoms with Crippen molar-refractivity contribution < 1.29 is 117 Å². The average molecular weight is 1030 g/mol. The normalized spacial score (nSPS) is 11.4. The number of aromatic nitrogens is 1. The molecule has 1 heterocycles. The third kappa shape index (κ3) is 8.61. The van der Waals surface area contributed by atoms with Gasteiger partial charge >= 0.3 is 11.9 Å². The van der Waals surface area contributed by atoms with E-state index in [0.29, 0.717) is 11.1 Å². The maximum absolute atomic E-state index is 15.4. The molecule has 0 radical (unpaired) electrons. The smallest absolute Gasteiger partial charge is 0.404 e. The second-order valence-corrected chi connectivity index (χ2v) is 14.4. The van der Waals surface area contributed by atoms with Crippen molar-refractivity contribution >= 4 is 56.6 Å². The van der Waals surface area contributed by atoms with Gasteiger partial charge in [-0.25, -0.2) is 97.4 Å². The average Bonchev–Trinajstić information content (AvgIpc) is 3.36. The molecule has 0 unspecified atom stereocenters. The molecule has 0 aliphatic rings. The lowest BCUT2D eigenvalue weighted by atomic mass is 9.12. The molecule has 0 aliphatic carbocycles. The van der Waals surface area contributed by atoms with E-state index in [1.54, 1.807) is 47.0 Å². The molecule has 6 aromatic carbocycles. The molecule has 0 amide bonds. The summed E-state index contributed by atoms with van der Waals surface area (Å²) in [5.41, 5.74) is -13.0. The Morgan fingerprint density at radius 2 is 0.718 bits per heavy atom. The number of nitrogens with zero attached hydrogens (tertiary/aromatic N) is 1. The summed E-state index contributed by atoms with van der Waals surface area (Å²) < 4.78 is 300. The molecule has 7 aromatic rings. The Morgan fingerprint density at radius 3 is 1.06 bits per heavy atom. The monoisotopic (exact) mass is 1030 g/mol. The number of carboxylic acids is 1. The molecule has 0 spiro atoms. The van der Waals surface area contributed by atoms with Crippen molar-refractivity contribution in [3.63, 3.8) is 0 Å². The van der Waals surface area contributed by atoms with E-state index in [1.165, 1.54) is 6.07 Å². The fourth-order valence-electron chi connectivity index (χ4n) is 7.55. The van der Waals surface area contributed by atoms with Gasteiger partial charge < -0.3 is 9.84 Å². The van der Waals surface area contributed by atoms with Crippen molar-refractivity contribution in [2.24, 2.45) is 0 Å². The van der Waals surface area contributed by atoms with Gasteiger partial charge in [0.05, 0.1) is 0 Å². The highest BCUT2D eigenvalue weighted by atomic mass is 19.2. The van der Waals surface area contributed by atoms with E-state index in [1.807, 2.05) is 18.2 Å². The number of Topliss-reactive ketones (excluding diaryl/α,β-unsaturated/α-hetero) is 1. The van der Waals surface area contributed by atoms with Crippen LogP contribution in [-0.4, -0.2) is 35.6 Å². The summed E-state index contributed by atoms with van der Waals surface area (Å²) in [4.78, 5) is 35.6. The number of rotatable bonds is 10. The maximum atomic E-state index is 15.4. The molecule has 0 atom stereocenters. The molecule has 0 saturated carbocycles. The molecular weight excluding hydrogens is 1010 g/mol. The number of ketones is 1. The lowest BCUT2D eigenvalue weighted by Crippen LogP contribution is -2.81. The standard InChI is InChI=1S/C24BF20.C20H15NO5/c26-5-1(6(27)14(35)21(42)13(5)34)25(2-7(28)15(36)22(43)16(37)8(2)29,3-9(30)17(38)23(44)18(39)10(3)31)4-11(32)19(40)24(45)20(41)12(4)33;22-18(15-7-2-1-3-8-15)12-21-16-9-5-4-6-14(16)10-11-17(21)20(25)26-13-19(23)24/h;1-11H,12-13H2/q-1;/p+1. The maximum Gasteiger partial charge on any atom is 0.404 e. The summed E-state index contributed by atoms with van der Waals surface area (Å²) in [5, 5.41) is 9.56. The van der Waals surface area contributed by atoms with E-state index in [2.05, 4.69) is 0 Å². The lowest BCUT2D eigenvalue weighted by molar-refractivity contribution is -0.659. The van der Waals surface area contributed by atoms with Gasteiger partial charge in [0.1, 0.15) is 52.7 Å². The second kappa shape index (κ2) is 19.8. The van der Waals surface area contributed by atoms with Crippen molar-refractivity contribution in [1.29, 1.82) is 0 Å². The van der Waals surface area contributed by atoms with Crippen molar-refractivity contribution in [3.8, 4) is 0 Å². The molecule has 71 heavy (non-hydrogen) atoms. The first-order valence-electron chi connectivity index (χ1n) is 18.9. The first-order valence-corrected chi connectivity index (χ1v) is 18.9. The van der Waals surface area contributed by atoms with Crippen LogP contribution >= 0.6 is 0 Å². The molecular formula is C44H16BF20NO5. The largest absolute Gasteiger partial charge is 0.479 e. The summed E-state index contributed by atoms with van der Waals surface area (Å²) >= 11 is 0. The molecule has 0 aliphatic heterocycles. The quantitative estimate of drug-likeness (QED) is 0.0285. The van der Waals surface area contributed by atoms with Crippen LogP contribution in [0.15, 0.2) is 66.7 Å². The van der Waals surface area contributed by atoms with Gasteiger partial charge in [0, 0.05) is 23.1 Å². The zero-order valence-electron chi connectivity index (χ0n) is 33.9. The van der Waals surface area contributed by atoms with Crippen LogP contribution in [0.1, 0.15) is 20.8 Å². The van der Waals surface area contributed by atoms with Gasteiger partial charge in [0.2, 0.25) is 17.8 Å². The fourth-order valence-corrected chi connectivity index (χ4v) is 7.55. The molecule has 0 fully saturated rings. The first kappa shape index (κ1) is 52.4. The van der Waals surface area contributed by atoms with Crippen LogP contribution in [0, 0.1) is 116 Å². The minimum absolute atomic E-state index is 0.0666. The SMILES string of the molecule is Fc1c(F)c(F)c([B-](c2c(F)c(F)c(F)c(F)c2F)(c2c(F)c(F)c(F)c(F)c2F)c2c(F)c(F)c(F)c(F)c2F)c(F)c1F.O=C(O)COC(=O)c1ccc2ccccc2[n+]1CC(=O)c1ccccc1. The van der Waals surface area contributed by atoms with Crippen molar-refractivity contribution in [1.82, 2.24) is 0 Å². The topological polar surface area (TPSA) is 84.6 Å². The number of carbonyl (C=O) groups excluding carboxylic acids is 2. The number of carboxylic acid groups (broad SMARTS) is 1. The van der Waals surface area contributed by atoms with Crippen molar-refractivity contribution in [2.45, 2.75) is 6.54 Å². The number of halogens is 20. The minimum atomic E-state index is -7.22.